The molecule has 0 atom stereocenters. The third-order valence-electron chi connectivity index (χ3n) is 14.0. The van der Waals surface area contributed by atoms with Gasteiger partial charge in [0.05, 0.1) is 14.2 Å². The van der Waals surface area contributed by atoms with Crippen LogP contribution in [-0.4, -0.2) is 84.2 Å². The summed E-state index contributed by atoms with van der Waals surface area (Å²) in [5.74, 6) is 5.24. The summed E-state index contributed by atoms with van der Waals surface area (Å²) in [6, 6.07) is 40.8. The Bertz CT molecular complexity index is 2770. The van der Waals surface area contributed by atoms with Crippen molar-refractivity contribution in [2.75, 3.05) is 14.2 Å². The van der Waals surface area contributed by atoms with E-state index in [0.717, 1.165) is 69.2 Å². The molecule has 0 aliphatic heterocycles. The molecule has 0 aliphatic rings. The first kappa shape index (κ1) is 76.2. The van der Waals surface area contributed by atoms with Crippen molar-refractivity contribution in [3.63, 3.8) is 0 Å². The summed E-state index contributed by atoms with van der Waals surface area (Å²) in [5, 5.41) is 27.3. The Morgan fingerprint density at radius 2 is 0.571 bits per heavy atom. The molecule has 6 aromatic carbocycles. The topological polar surface area (TPSA) is 119 Å². The molecule has 0 heterocycles. The van der Waals surface area contributed by atoms with Crippen molar-refractivity contribution in [2.45, 2.75) is 186 Å². The number of nitrogens with zero attached hydrogens (tertiary/aromatic N) is 4. The van der Waals surface area contributed by atoms with Gasteiger partial charge in [0.15, 0.2) is 11.4 Å². The fourth-order valence-electron chi connectivity index (χ4n) is 9.56. The minimum atomic E-state index is 0. The van der Waals surface area contributed by atoms with Crippen molar-refractivity contribution < 1.29 is 19.5 Å². The number of methoxy groups -OCH3 is 2. The van der Waals surface area contributed by atoms with Gasteiger partial charge in [-0.15, -0.1) is 11.4 Å². The second-order valence-electron chi connectivity index (χ2n) is 23.6. The standard InChI is InChI=1S/2C29H41N2.2C8H8NO.2Mg/c2*1-18(2)24-13-11-14-25(19(3)4)28(24)30-22(9)17-23(10)31-29-26(20(5)6)15-12-16-27(29)21(7)8;2*1-10-8-4-2-7(6-9)3-5-8;;/h2*11-21H,1-10H3;2*2-6H,1H3;;/q4*-1;2*+2/p+2/b2*22-17-,31-23?;;;;. The van der Waals surface area contributed by atoms with Crippen molar-refractivity contribution in [3.05, 3.63) is 222 Å². The Morgan fingerprint density at radius 3 is 0.762 bits per heavy atom. The van der Waals surface area contributed by atoms with Crippen molar-refractivity contribution >= 4 is 92.7 Å². The van der Waals surface area contributed by atoms with Crippen LogP contribution in [0.1, 0.15) is 241 Å². The molecule has 0 spiro atoms. The monoisotopic (exact) mass is 1150 g/mol. The first-order valence-corrected chi connectivity index (χ1v) is 29.5. The summed E-state index contributed by atoms with van der Waals surface area (Å²) in [7, 11) is 3.22. The summed E-state index contributed by atoms with van der Waals surface area (Å²) >= 11 is 0. The van der Waals surface area contributed by atoms with E-state index >= 15 is 0 Å². The van der Waals surface area contributed by atoms with Crippen LogP contribution in [0, 0.1) is 0 Å². The predicted octanol–water partition coefficient (Wildman–Crippen LogP) is 18.5. The maximum absolute atomic E-state index is 8.54. The predicted molar refractivity (Wildman–Crippen MR) is 369 cm³/mol. The molecule has 0 amide bonds. The Labute approximate surface area is 541 Å². The number of para-hydroxylation sites is 4. The fraction of sp³-hybridized carbons (Fsp3) is 0.405. The van der Waals surface area contributed by atoms with E-state index in [-0.39, 0.29) is 46.1 Å². The van der Waals surface area contributed by atoms with Crippen molar-refractivity contribution in [1.29, 1.82) is 0 Å². The number of hydrogen-bond donors (Lipinski definition) is 2. The van der Waals surface area contributed by atoms with Crippen molar-refractivity contribution in [3.8, 4) is 11.5 Å². The second-order valence-corrected chi connectivity index (χ2v) is 23.6. The van der Waals surface area contributed by atoms with E-state index in [0.29, 0.717) is 47.3 Å². The van der Waals surface area contributed by atoms with Gasteiger partial charge in [0.1, 0.15) is 11.5 Å². The van der Waals surface area contributed by atoms with Gasteiger partial charge < -0.3 is 30.9 Å². The zero-order valence-corrected chi connectivity index (χ0v) is 58.3. The van der Waals surface area contributed by atoms with Crippen molar-refractivity contribution in [1.82, 2.24) is 0 Å². The van der Waals surface area contributed by atoms with Crippen LogP contribution in [0.5, 0.6) is 11.5 Å². The number of benzene rings is 6. The van der Waals surface area contributed by atoms with E-state index in [4.69, 9.17) is 30.9 Å². The van der Waals surface area contributed by atoms with Crippen LogP contribution in [-0.2, 0) is 0 Å². The molecule has 84 heavy (non-hydrogen) atoms. The minimum Gasteiger partial charge on any atom is -0.810 e. The van der Waals surface area contributed by atoms with Crippen LogP contribution < -0.4 is 19.5 Å². The minimum absolute atomic E-state index is 0. The number of ether oxygens (including phenoxy) is 2. The molecule has 0 saturated heterocycles. The summed E-state index contributed by atoms with van der Waals surface area (Å²) in [6.07, 6.45) is 6.45. The molecule has 6 aromatic rings. The molecule has 0 saturated carbocycles. The van der Waals surface area contributed by atoms with Crippen LogP contribution in [0.3, 0.4) is 0 Å². The second kappa shape index (κ2) is 38.3. The SMILES string of the molecule is CC(/C=C(/C)[N-]c1c(C(C)C)cccc1C(C)C)=[NH+]c1c(C(C)C)cccc1C(C)C.CC(/C=C(/C)[N-]c1c(C(C)C)cccc1C(C)C)=[NH+]c1c(C(C)C)cccc1C(C)C.COc1ccc(C=[N-])cc1.COc1ccc(C=[N-])cc1.[Mg+2].[Mg+2]. The molecule has 0 unspecified atom stereocenters. The molecule has 0 aliphatic carbocycles. The Balaban J connectivity index is 0.000000621. The normalized spacial score (nSPS) is 11.8. The summed E-state index contributed by atoms with van der Waals surface area (Å²) in [5.41, 5.74) is 21.3. The molecule has 0 bridgehead atoms. The van der Waals surface area contributed by atoms with E-state index in [9.17, 15) is 0 Å². The number of hydrogen-bond acceptors (Lipinski definition) is 2. The maximum atomic E-state index is 8.54. The molecule has 0 radical (unpaired) electrons. The van der Waals surface area contributed by atoms with Gasteiger partial charge in [-0.1, -0.05) is 244 Å². The summed E-state index contributed by atoms with van der Waals surface area (Å²) < 4.78 is 9.84. The van der Waals surface area contributed by atoms with Gasteiger partial charge in [0, 0.05) is 36.1 Å². The van der Waals surface area contributed by atoms with E-state index in [1.165, 1.54) is 55.9 Å². The van der Waals surface area contributed by atoms with Gasteiger partial charge in [0.2, 0.25) is 11.4 Å². The van der Waals surface area contributed by atoms with Gasteiger partial charge >= 0.3 is 46.1 Å². The zero-order valence-electron chi connectivity index (χ0n) is 55.5. The number of allylic oxidation sites excluding steroid dienone is 4. The van der Waals surface area contributed by atoms with Crippen molar-refractivity contribution in [2.24, 2.45) is 0 Å². The molecule has 10 heteroatoms. The Morgan fingerprint density at radius 1 is 0.357 bits per heavy atom. The van der Waals surface area contributed by atoms with Gasteiger partial charge in [0.25, 0.3) is 0 Å². The molecular formula is C74H100Mg2N6O2+2. The quantitative estimate of drug-likeness (QED) is 0.0585. The van der Waals surface area contributed by atoms with Crippen LogP contribution in [0.25, 0.3) is 21.5 Å². The van der Waals surface area contributed by atoms with E-state index in [2.05, 4.69) is 233 Å². The van der Waals surface area contributed by atoms with E-state index in [1.807, 2.05) is 0 Å². The average Bonchev–Trinajstić information content (AvgIpc) is 3.43. The Kier molecular flexibility index (Phi) is 34.8. The molecular weight excluding hydrogens is 1050 g/mol. The first-order valence-electron chi connectivity index (χ1n) is 29.5. The molecule has 0 aromatic heterocycles. The Hall–Kier alpha value is -5.79. The zero-order chi connectivity index (χ0) is 61.4. The van der Waals surface area contributed by atoms with Gasteiger partial charge in [-0.25, -0.2) is 9.98 Å². The van der Waals surface area contributed by atoms with E-state index in [1.54, 1.807) is 62.8 Å². The van der Waals surface area contributed by atoms with Gasteiger partial charge in [-0.2, -0.15) is 23.8 Å². The number of rotatable bonds is 20. The molecule has 2 N–H and O–H groups in total. The first-order chi connectivity index (χ1) is 38.8. The van der Waals surface area contributed by atoms with Crippen LogP contribution in [0.15, 0.2) is 145 Å². The smallest absolute Gasteiger partial charge is 0.810 e. The van der Waals surface area contributed by atoms with Gasteiger partial charge in [-0.05, 0) is 94.9 Å². The maximum Gasteiger partial charge on any atom is 2.00 e. The van der Waals surface area contributed by atoms with Crippen LogP contribution in [0.2, 0.25) is 0 Å². The molecule has 8 nitrogen and oxygen atoms in total. The van der Waals surface area contributed by atoms with Crippen LogP contribution in [0.4, 0.5) is 22.7 Å². The number of nitrogens with one attached hydrogen (secondary N) is 2. The van der Waals surface area contributed by atoms with E-state index < -0.39 is 0 Å². The summed E-state index contributed by atoms with van der Waals surface area (Å²) in [4.78, 5) is 7.43. The fourth-order valence-corrected chi connectivity index (χ4v) is 9.56. The third kappa shape index (κ3) is 23.9. The average molecular weight is 1150 g/mol. The van der Waals surface area contributed by atoms with Crippen LogP contribution >= 0.6 is 0 Å². The molecule has 440 valence electrons. The molecule has 0 fully saturated rings. The van der Waals surface area contributed by atoms with Gasteiger partial charge in [-0.3, -0.25) is 0 Å². The largest absolute Gasteiger partial charge is 2.00 e. The molecule has 6 rings (SSSR count). The third-order valence-corrected chi connectivity index (χ3v) is 14.0. The summed E-state index contributed by atoms with van der Waals surface area (Å²) in [6.45, 7) is 44.5.